The molecular formula is C31H43N3O7. The van der Waals surface area contributed by atoms with Crippen LogP contribution >= 0.6 is 0 Å². The molecule has 224 valence electrons. The number of likely N-dealkylation sites (tertiary alicyclic amines) is 1. The molecule has 0 saturated carbocycles. The monoisotopic (exact) mass is 569 g/mol. The smallest absolute Gasteiger partial charge is 0.243 e. The number of amides is 2. The summed E-state index contributed by atoms with van der Waals surface area (Å²) in [6, 6.07) is 15.9. The zero-order valence-electron chi connectivity index (χ0n) is 23.5. The van der Waals surface area contributed by atoms with Gasteiger partial charge in [0.05, 0.1) is 25.4 Å². The van der Waals surface area contributed by atoms with Crippen molar-refractivity contribution in [1.82, 2.24) is 15.7 Å². The van der Waals surface area contributed by atoms with E-state index in [1.165, 1.54) is 0 Å². The van der Waals surface area contributed by atoms with Gasteiger partial charge in [-0.2, -0.15) is 0 Å². The third-order valence-corrected chi connectivity index (χ3v) is 7.94. The molecule has 2 saturated heterocycles. The van der Waals surface area contributed by atoms with Crippen molar-refractivity contribution < 1.29 is 34.5 Å². The van der Waals surface area contributed by atoms with Crippen LogP contribution < -0.4 is 10.8 Å². The topological polar surface area (TPSA) is 141 Å². The molecule has 0 bridgehead atoms. The van der Waals surface area contributed by atoms with Gasteiger partial charge in [-0.05, 0) is 48.9 Å². The first kappa shape index (κ1) is 31.1. The second kappa shape index (κ2) is 16.0. The predicted molar refractivity (Wildman–Crippen MR) is 151 cm³/mol. The summed E-state index contributed by atoms with van der Waals surface area (Å²) in [6.45, 7) is 2.25. The molecule has 41 heavy (non-hydrogen) atoms. The standard InChI is InChI=1S/C31H43N3O7/c35-20-23-10-12-24(13-11-23)28-17-27(19-34-16-4-5-26(34)21-36)40-31(41-28)25-14-8-22(9-15-25)18-32-29(37)6-2-1-3-7-30(38)33-39/h8-15,26-28,31,35-36,39H,1-7,16-21H2,(H,32,37)(H,33,38). The van der Waals surface area contributed by atoms with Crippen LogP contribution in [-0.4, -0.2) is 64.0 Å². The van der Waals surface area contributed by atoms with Gasteiger partial charge in [-0.3, -0.25) is 19.7 Å². The highest BCUT2D eigenvalue weighted by atomic mass is 16.7. The number of hydrogen-bond donors (Lipinski definition) is 5. The van der Waals surface area contributed by atoms with Gasteiger partial charge in [-0.15, -0.1) is 0 Å². The van der Waals surface area contributed by atoms with Crippen molar-refractivity contribution in [3.63, 3.8) is 0 Å². The van der Waals surface area contributed by atoms with Gasteiger partial charge in [0.15, 0.2) is 6.29 Å². The molecule has 0 aromatic heterocycles. The lowest BCUT2D eigenvalue weighted by Gasteiger charge is -2.38. The van der Waals surface area contributed by atoms with E-state index in [4.69, 9.17) is 14.7 Å². The van der Waals surface area contributed by atoms with Crippen molar-refractivity contribution >= 4 is 11.8 Å². The lowest BCUT2D eigenvalue weighted by molar-refractivity contribution is -0.253. The van der Waals surface area contributed by atoms with Gasteiger partial charge in [0.25, 0.3) is 0 Å². The van der Waals surface area contributed by atoms with E-state index in [1.807, 2.05) is 48.5 Å². The number of benzene rings is 2. The van der Waals surface area contributed by atoms with E-state index in [9.17, 15) is 19.8 Å². The van der Waals surface area contributed by atoms with E-state index in [1.54, 1.807) is 5.48 Å². The van der Waals surface area contributed by atoms with Gasteiger partial charge in [-0.25, -0.2) is 5.48 Å². The molecule has 10 heteroatoms. The maximum absolute atomic E-state index is 12.2. The number of unbranched alkanes of at least 4 members (excludes halogenated alkanes) is 2. The Morgan fingerprint density at radius 1 is 0.878 bits per heavy atom. The van der Waals surface area contributed by atoms with Crippen LogP contribution in [0.5, 0.6) is 0 Å². The summed E-state index contributed by atoms with van der Waals surface area (Å²) in [5, 5.41) is 30.7. The molecule has 2 aliphatic rings. The maximum atomic E-state index is 12.2. The van der Waals surface area contributed by atoms with Gasteiger partial charge in [0, 0.05) is 44.0 Å². The molecule has 0 radical (unpaired) electrons. The van der Waals surface area contributed by atoms with Gasteiger partial charge < -0.3 is 25.0 Å². The van der Waals surface area contributed by atoms with E-state index in [0.717, 1.165) is 54.6 Å². The number of aliphatic hydroxyl groups excluding tert-OH is 2. The van der Waals surface area contributed by atoms with Crippen LogP contribution in [0, 0.1) is 0 Å². The number of hydroxylamine groups is 1. The molecule has 2 aromatic carbocycles. The van der Waals surface area contributed by atoms with Crippen LogP contribution in [0.25, 0.3) is 0 Å². The number of rotatable bonds is 14. The van der Waals surface area contributed by atoms with E-state index in [0.29, 0.717) is 32.2 Å². The van der Waals surface area contributed by atoms with E-state index in [2.05, 4.69) is 10.2 Å². The van der Waals surface area contributed by atoms with Crippen LogP contribution in [0.2, 0.25) is 0 Å². The third-order valence-electron chi connectivity index (χ3n) is 7.94. The highest BCUT2D eigenvalue weighted by Crippen LogP contribution is 2.38. The fraction of sp³-hybridized carbons (Fsp3) is 0.548. The minimum Gasteiger partial charge on any atom is -0.395 e. The van der Waals surface area contributed by atoms with Crippen molar-refractivity contribution in [2.75, 3.05) is 19.7 Å². The van der Waals surface area contributed by atoms with Crippen LogP contribution in [0.4, 0.5) is 0 Å². The first-order chi connectivity index (χ1) is 20.0. The SMILES string of the molecule is O=C(CCCCCC(=O)NCc1ccc(C2OC(CN3CCCC3CO)CC(c3ccc(CO)cc3)O2)cc1)NO. The fourth-order valence-corrected chi connectivity index (χ4v) is 5.52. The molecule has 2 amide bonds. The fourth-order valence-electron chi connectivity index (χ4n) is 5.52. The Bertz CT molecular complexity index is 1100. The Morgan fingerprint density at radius 3 is 2.24 bits per heavy atom. The van der Waals surface area contributed by atoms with Crippen LogP contribution in [0.15, 0.2) is 48.5 Å². The number of nitrogens with one attached hydrogen (secondary N) is 2. The summed E-state index contributed by atoms with van der Waals surface area (Å²) in [5.74, 6) is -0.452. The van der Waals surface area contributed by atoms with Crippen LogP contribution in [0.1, 0.15) is 86.0 Å². The molecular weight excluding hydrogens is 526 g/mol. The van der Waals surface area contributed by atoms with Crippen LogP contribution in [0.3, 0.4) is 0 Å². The second-order valence-corrected chi connectivity index (χ2v) is 10.9. The lowest BCUT2D eigenvalue weighted by atomic mass is 9.99. The van der Waals surface area contributed by atoms with E-state index < -0.39 is 12.2 Å². The van der Waals surface area contributed by atoms with Gasteiger partial charge in [-0.1, -0.05) is 55.0 Å². The minimum absolute atomic E-state index is 0.00398. The predicted octanol–water partition coefficient (Wildman–Crippen LogP) is 3.25. The van der Waals surface area contributed by atoms with Crippen molar-refractivity contribution in [1.29, 1.82) is 0 Å². The zero-order valence-corrected chi connectivity index (χ0v) is 23.5. The Kier molecular flexibility index (Phi) is 12.1. The summed E-state index contributed by atoms with van der Waals surface area (Å²) in [4.78, 5) is 25.6. The minimum atomic E-state index is -0.553. The Morgan fingerprint density at radius 2 is 1.56 bits per heavy atom. The molecule has 4 unspecified atom stereocenters. The second-order valence-electron chi connectivity index (χ2n) is 10.9. The Hall–Kier alpha value is -2.86. The quantitative estimate of drug-likeness (QED) is 0.133. The van der Waals surface area contributed by atoms with Crippen LogP contribution in [-0.2, 0) is 32.2 Å². The highest BCUT2D eigenvalue weighted by Gasteiger charge is 2.35. The van der Waals surface area contributed by atoms with Crippen molar-refractivity contribution in [2.24, 2.45) is 0 Å². The molecule has 10 nitrogen and oxygen atoms in total. The largest absolute Gasteiger partial charge is 0.395 e. The summed E-state index contributed by atoms with van der Waals surface area (Å²) < 4.78 is 12.9. The molecule has 2 heterocycles. The first-order valence-electron chi connectivity index (χ1n) is 14.6. The average Bonchev–Trinajstić information content (AvgIpc) is 3.46. The summed E-state index contributed by atoms with van der Waals surface area (Å²) in [5.41, 5.74) is 5.36. The number of hydrogen-bond acceptors (Lipinski definition) is 8. The molecule has 2 aliphatic heterocycles. The molecule has 5 N–H and O–H groups in total. The number of carbonyl (C=O) groups is 2. The molecule has 4 atom stereocenters. The van der Waals surface area contributed by atoms with Crippen molar-refractivity contribution in [2.45, 2.75) is 89.1 Å². The number of ether oxygens (including phenoxy) is 2. The average molecular weight is 570 g/mol. The summed E-state index contributed by atoms with van der Waals surface area (Å²) >= 11 is 0. The normalized spacial score (nSPS) is 22.9. The maximum Gasteiger partial charge on any atom is 0.243 e. The molecule has 0 aliphatic carbocycles. The first-order valence-corrected chi connectivity index (χ1v) is 14.6. The number of nitrogens with zero attached hydrogens (tertiary/aromatic N) is 1. The van der Waals surface area contributed by atoms with Gasteiger partial charge >= 0.3 is 0 Å². The molecule has 2 aromatic rings. The molecule has 0 spiro atoms. The highest BCUT2D eigenvalue weighted by molar-refractivity contribution is 5.76. The van der Waals surface area contributed by atoms with E-state index >= 15 is 0 Å². The Balaban J connectivity index is 1.33. The molecule has 4 rings (SSSR count). The Labute approximate surface area is 241 Å². The number of aliphatic hydroxyl groups is 2. The zero-order chi connectivity index (χ0) is 29.0. The van der Waals surface area contributed by atoms with E-state index in [-0.39, 0.29) is 43.8 Å². The van der Waals surface area contributed by atoms with Crippen molar-refractivity contribution in [3.05, 3.63) is 70.8 Å². The lowest BCUT2D eigenvalue weighted by Crippen LogP contribution is -2.42. The summed E-state index contributed by atoms with van der Waals surface area (Å²) in [6.07, 6.45) is 4.66. The molecule has 2 fully saturated rings. The van der Waals surface area contributed by atoms with Gasteiger partial charge in [0.2, 0.25) is 11.8 Å². The third kappa shape index (κ3) is 9.32. The van der Waals surface area contributed by atoms with Crippen molar-refractivity contribution in [3.8, 4) is 0 Å². The summed E-state index contributed by atoms with van der Waals surface area (Å²) in [7, 11) is 0. The van der Waals surface area contributed by atoms with Gasteiger partial charge in [0.1, 0.15) is 0 Å². The number of carbonyl (C=O) groups excluding carboxylic acids is 2.